The lowest BCUT2D eigenvalue weighted by molar-refractivity contribution is -0.121. The Hall–Kier alpha value is -2.71. The van der Waals surface area contributed by atoms with Crippen LogP contribution in [0.3, 0.4) is 0 Å². The van der Waals surface area contributed by atoms with Gasteiger partial charge in [-0.3, -0.25) is 9.59 Å². The Kier molecular flexibility index (Phi) is 6.21. The fraction of sp³-hybridized carbons (Fsp3) is 0.286. The van der Waals surface area contributed by atoms with E-state index in [1.165, 1.54) is 22.7 Å². The molecule has 1 aromatic carbocycles. The topological polar surface area (TPSA) is 71.5 Å². The first kappa shape index (κ1) is 19.6. The minimum atomic E-state index is -0.216. The van der Waals surface area contributed by atoms with Crippen LogP contribution in [0, 0.1) is 5.92 Å². The zero-order chi connectivity index (χ0) is 20.1. The fourth-order valence-electron chi connectivity index (χ4n) is 3.31. The van der Waals surface area contributed by atoms with E-state index in [9.17, 15) is 9.59 Å². The Morgan fingerprint density at radius 2 is 2.21 bits per heavy atom. The first-order valence-electron chi connectivity index (χ1n) is 9.42. The van der Waals surface area contributed by atoms with Gasteiger partial charge in [0, 0.05) is 30.2 Å². The Morgan fingerprint density at radius 3 is 3.00 bits per heavy atom. The summed E-state index contributed by atoms with van der Waals surface area (Å²) < 4.78 is 5.75. The van der Waals surface area contributed by atoms with Crippen molar-refractivity contribution in [1.82, 2.24) is 9.88 Å². The molecular weight excluding hydrogens is 406 g/mol. The van der Waals surface area contributed by atoms with Crippen LogP contribution in [0.15, 0.2) is 52.7 Å². The zero-order valence-electron chi connectivity index (χ0n) is 15.7. The number of piperidine rings is 1. The van der Waals surface area contributed by atoms with Gasteiger partial charge in [-0.2, -0.15) is 0 Å². The molecule has 29 heavy (non-hydrogen) atoms. The zero-order valence-corrected chi connectivity index (χ0v) is 17.4. The second kappa shape index (κ2) is 9.19. The minimum Gasteiger partial charge on any atom is -0.487 e. The third-order valence-corrected chi connectivity index (χ3v) is 6.28. The van der Waals surface area contributed by atoms with Crippen LogP contribution in [0.25, 0.3) is 0 Å². The summed E-state index contributed by atoms with van der Waals surface area (Å²) in [6, 6.07) is 11.0. The van der Waals surface area contributed by atoms with Gasteiger partial charge in [0.1, 0.15) is 12.4 Å². The van der Waals surface area contributed by atoms with Crippen molar-refractivity contribution >= 4 is 40.2 Å². The monoisotopic (exact) mass is 427 g/mol. The lowest BCUT2D eigenvalue weighted by Crippen LogP contribution is -2.43. The van der Waals surface area contributed by atoms with Crippen LogP contribution in [0.1, 0.15) is 28.2 Å². The highest BCUT2D eigenvalue weighted by Gasteiger charge is 2.29. The van der Waals surface area contributed by atoms with E-state index in [2.05, 4.69) is 10.3 Å². The molecule has 8 heteroatoms. The number of carbonyl (C=O) groups is 2. The van der Waals surface area contributed by atoms with E-state index in [4.69, 9.17) is 4.74 Å². The van der Waals surface area contributed by atoms with E-state index >= 15 is 0 Å². The number of nitrogens with one attached hydrogen (secondary N) is 1. The fourth-order valence-corrected chi connectivity index (χ4v) is 4.54. The van der Waals surface area contributed by atoms with Gasteiger partial charge in [0.25, 0.3) is 5.91 Å². The number of aromatic nitrogens is 1. The molecular formula is C21H21N3O3S2. The largest absolute Gasteiger partial charge is 0.487 e. The van der Waals surface area contributed by atoms with E-state index in [1.54, 1.807) is 10.4 Å². The molecule has 4 rings (SSSR count). The lowest BCUT2D eigenvalue weighted by atomic mass is 9.97. The summed E-state index contributed by atoms with van der Waals surface area (Å²) in [7, 11) is 0. The van der Waals surface area contributed by atoms with Crippen LogP contribution in [-0.2, 0) is 11.4 Å². The van der Waals surface area contributed by atoms with Gasteiger partial charge in [0.2, 0.25) is 5.91 Å². The third kappa shape index (κ3) is 5.02. The van der Waals surface area contributed by atoms with Crippen molar-refractivity contribution in [3.8, 4) is 5.75 Å². The molecule has 0 radical (unpaired) electrons. The second-order valence-electron chi connectivity index (χ2n) is 6.85. The summed E-state index contributed by atoms with van der Waals surface area (Å²) in [5.41, 5.74) is 3.33. The molecule has 1 aliphatic rings. The molecule has 1 atom stereocenters. The maximum Gasteiger partial charge on any atom is 0.263 e. The van der Waals surface area contributed by atoms with Gasteiger partial charge < -0.3 is 15.0 Å². The number of benzene rings is 1. The summed E-state index contributed by atoms with van der Waals surface area (Å²) in [6.07, 6.45) is 1.60. The molecule has 0 aliphatic carbocycles. The maximum absolute atomic E-state index is 12.8. The van der Waals surface area contributed by atoms with Crippen LogP contribution >= 0.6 is 22.7 Å². The number of likely N-dealkylation sites (tertiary alicyclic amines) is 1. The van der Waals surface area contributed by atoms with E-state index in [1.807, 2.05) is 47.2 Å². The number of rotatable bonds is 6. The summed E-state index contributed by atoms with van der Waals surface area (Å²) in [5.74, 6) is 0.404. The highest BCUT2D eigenvalue weighted by atomic mass is 32.1. The van der Waals surface area contributed by atoms with Gasteiger partial charge in [-0.15, -0.1) is 22.7 Å². The average Bonchev–Trinajstić information content (AvgIpc) is 3.46. The molecule has 1 N–H and O–H groups in total. The lowest BCUT2D eigenvalue weighted by Gasteiger charge is -2.31. The van der Waals surface area contributed by atoms with Crippen molar-refractivity contribution < 1.29 is 14.3 Å². The van der Waals surface area contributed by atoms with E-state index < -0.39 is 0 Å². The normalized spacial score (nSPS) is 16.4. The quantitative estimate of drug-likeness (QED) is 0.638. The molecule has 6 nitrogen and oxygen atoms in total. The van der Waals surface area contributed by atoms with Crippen molar-refractivity contribution in [3.63, 3.8) is 0 Å². The van der Waals surface area contributed by atoms with Crippen molar-refractivity contribution in [2.75, 3.05) is 18.4 Å². The van der Waals surface area contributed by atoms with Crippen molar-refractivity contribution in [1.29, 1.82) is 0 Å². The number of carbonyl (C=O) groups excluding carboxylic acids is 2. The summed E-state index contributed by atoms with van der Waals surface area (Å²) in [5, 5.41) is 6.81. The Bertz CT molecular complexity index is 957. The van der Waals surface area contributed by atoms with E-state index in [0.717, 1.165) is 23.4 Å². The number of nitrogens with zero attached hydrogens (tertiary/aromatic N) is 2. The first-order valence-corrected chi connectivity index (χ1v) is 11.2. The molecule has 3 aromatic rings. The summed E-state index contributed by atoms with van der Waals surface area (Å²) in [4.78, 5) is 32.1. The van der Waals surface area contributed by atoms with E-state index in [0.29, 0.717) is 31.1 Å². The molecule has 3 heterocycles. The number of thiophene rings is 1. The number of amides is 2. The molecule has 150 valence electrons. The maximum atomic E-state index is 12.8. The Labute approximate surface area is 177 Å². The van der Waals surface area contributed by atoms with Gasteiger partial charge in [-0.05, 0) is 36.4 Å². The summed E-state index contributed by atoms with van der Waals surface area (Å²) >= 11 is 2.96. The number of ether oxygens (including phenoxy) is 1. The molecule has 0 bridgehead atoms. The SMILES string of the molecule is O=C(Nc1cccc(OCc2cscn2)c1)C1CCCN(C(=O)c2cccs2)C1. The first-order chi connectivity index (χ1) is 14.2. The molecule has 0 spiro atoms. The van der Waals surface area contributed by atoms with Crippen LogP contribution in [0.4, 0.5) is 5.69 Å². The predicted molar refractivity (Wildman–Crippen MR) is 114 cm³/mol. The number of hydrogen-bond donors (Lipinski definition) is 1. The predicted octanol–water partition coefficient (Wildman–Crippen LogP) is 4.27. The van der Waals surface area contributed by atoms with Gasteiger partial charge in [-0.25, -0.2) is 4.98 Å². The van der Waals surface area contributed by atoms with Crippen LogP contribution in [-0.4, -0.2) is 34.8 Å². The van der Waals surface area contributed by atoms with Crippen LogP contribution in [0.5, 0.6) is 5.75 Å². The van der Waals surface area contributed by atoms with Gasteiger partial charge in [-0.1, -0.05) is 12.1 Å². The Balaban J connectivity index is 1.35. The molecule has 2 aromatic heterocycles. The standard InChI is InChI=1S/C21H21N3O3S2/c25-20(15-4-2-8-24(11-15)21(26)19-7-3-9-29-19)23-16-5-1-6-18(10-16)27-12-17-13-28-14-22-17/h1,3,5-7,9-10,13-15H,2,4,8,11-12H2,(H,23,25). The Morgan fingerprint density at radius 1 is 1.28 bits per heavy atom. The average molecular weight is 428 g/mol. The smallest absolute Gasteiger partial charge is 0.263 e. The summed E-state index contributed by atoms with van der Waals surface area (Å²) in [6.45, 7) is 1.53. The minimum absolute atomic E-state index is 0.00920. The highest BCUT2D eigenvalue weighted by Crippen LogP contribution is 2.23. The van der Waals surface area contributed by atoms with Gasteiger partial charge in [0.15, 0.2) is 0 Å². The van der Waals surface area contributed by atoms with Crippen molar-refractivity contribution in [2.45, 2.75) is 19.4 Å². The molecule has 1 fully saturated rings. The second-order valence-corrected chi connectivity index (χ2v) is 8.52. The molecule has 1 aliphatic heterocycles. The molecule has 2 amide bonds. The van der Waals surface area contributed by atoms with Crippen molar-refractivity contribution in [3.05, 3.63) is 63.2 Å². The number of hydrogen-bond acceptors (Lipinski definition) is 6. The van der Waals surface area contributed by atoms with Crippen LogP contribution < -0.4 is 10.1 Å². The number of thiazole rings is 1. The van der Waals surface area contributed by atoms with Gasteiger partial charge in [0.05, 0.1) is 22.0 Å². The third-order valence-electron chi connectivity index (χ3n) is 4.78. The molecule has 0 saturated carbocycles. The molecule has 1 saturated heterocycles. The van der Waals surface area contributed by atoms with E-state index in [-0.39, 0.29) is 17.7 Å². The van der Waals surface area contributed by atoms with Gasteiger partial charge >= 0.3 is 0 Å². The van der Waals surface area contributed by atoms with Crippen LogP contribution in [0.2, 0.25) is 0 Å². The van der Waals surface area contributed by atoms with Crippen molar-refractivity contribution in [2.24, 2.45) is 5.92 Å². The molecule has 1 unspecified atom stereocenters. The number of anilines is 1. The highest BCUT2D eigenvalue weighted by molar-refractivity contribution is 7.12.